The first-order valence-corrected chi connectivity index (χ1v) is 9.00. The molecule has 1 spiro atoms. The lowest BCUT2D eigenvalue weighted by atomic mass is 9.68. The molecule has 0 bridgehead atoms. The van der Waals surface area contributed by atoms with Crippen molar-refractivity contribution in [2.75, 3.05) is 18.5 Å². The Morgan fingerprint density at radius 3 is 2.52 bits per heavy atom. The summed E-state index contributed by atoms with van der Waals surface area (Å²) in [5, 5.41) is 11.2. The van der Waals surface area contributed by atoms with Gasteiger partial charge in [-0.25, -0.2) is 0 Å². The molecule has 2 aliphatic rings. The van der Waals surface area contributed by atoms with Crippen LogP contribution in [-0.2, 0) is 15.0 Å². The van der Waals surface area contributed by atoms with Crippen molar-refractivity contribution in [3.8, 4) is 0 Å². The topological polar surface area (TPSA) is 80.5 Å². The summed E-state index contributed by atoms with van der Waals surface area (Å²) in [6.07, 6.45) is 1.12. The Kier molecular flexibility index (Phi) is 4.06. The van der Waals surface area contributed by atoms with Crippen molar-refractivity contribution in [3.63, 3.8) is 0 Å². The van der Waals surface area contributed by atoms with Gasteiger partial charge in [-0.2, -0.15) is 0 Å². The predicted octanol–water partition coefficient (Wildman–Crippen LogP) is 2.80. The average Bonchev–Trinajstić information content (AvgIpc) is 3.11. The summed E-state index contributed by atoms with van der Waals surface area (Å²) in [5.41, 5.74) is 1.61. The Morgan fingerprint density at radius 1 is 1.19 bits per heavy atom. The minimum atomic E-state index is -0.945. The molecule has 0 N–H and O–H groups in total. The highest BCUT2D eigenvalue weighted by Gasteiger charge is 2.64. The van der Waals surface area contributed by atoms with E-state index in [0.717, 1.165) is 23.1 Å². The van der Waals surface area contributed by atoms with Gasteiger partial charge in [-0.1, -0.05) is 48.5 Å². The number of fused-ring (bicyclic) bond motifs is 2. The first kappa shape index (κ1) is 17.4. The van der Waals surface area contributed by atoms with Crippen LogP contribution in [0, 0.1) is 22.0 Å². The van der Waals surface area contributed by atoms with Crippen LogP contribution in [0.2, 0.25) is 0 Å². The number of rotatable bonds is 4. The molecule has 4 atom stereocenters. The van der Waals surface area contributed by atoms with E-state index in [-0.39, 0.29) is 17.4 Å². The lowest BCUT2D eigenvalue weighted by Crippen LogP contribution is -2.41. The van der Waals surface area contributed by atoms with Crippen molar-refractivity contribution in [1.29, 1.82) is 0 Å². The molecule has 1 saturated carbocycles. The number of carbonyl (C=O) groups excluding carboxylic acids is 2. The van der Waals surface area contributed by atoms with E-state index in [1.54, 1.807) is 11.9 Å². The fraction of sp³-hybridized carbons (Fsp3) is 0.333. The molecule has 1 fully saturated rings. The molecule has 2 aromatic carbocycles. The van der Waals surface area contributed by atoms with E-state index < -0.39 is 23.2 Å². The minimum absolute atomic E-state index is 0.0877. The maximum Gasteiger partial charge on any atom is 0.238 e. The molecule has 2 aromatic rings. The van der Waals surface area contributed by atoms with Crippen molar-refractivity contribution >= 4 is 17.9 Å². The highest BCUT2D eigenvalue weighted by atomic mass is 16.6. The van der Waals surface area contributed by atoms with Crippen LogP contribution < -0.4 is 4.90 Å². The third-order valence-electron chi connectivity index (χ3n) is 6.18. The van der Waals surface area contributed by atoms with Crippen LogP contribution in [-0.4, -0.2) is 30.7 Å². The predicted molar refractivity (Wildman–Crippen MR) is 100 cm³/mol. The van der Waals surface area contributed by atoms with Gasteiger partial charge in [-0.15, -0.1) is 0 Å². The van der Waals surface area contributed by atoms with Gasteiger partial charge in [-0.05, 0) is 23.6 Å². The van der Waals surface area contributed by atoms with E-state index in [0.29, 0.717) is 6.42 Å². The van der Waals surface area contributed by atoms with Crippen molar-refractivity contribution < 1.29 is 14.5 Å². The monoisotopic (exact) mass is 364 g/mol. The van der Waals surface area contributed by atoms with E-state index in [2.05, 4.69) is 0 Å². The number of hydrogen-bond donors (Lipinski definition) is 0. The average molecular weight is 364 g/mol. The standard InChI is InChI=1S/C21H20N2O4/c1-22-18-10-6-5-9-17(18)21(20(22)25)11-15(12-23(26)27)16(13-24)19(21)14-7-3-2-4-8-14/h2-10,13,15-16,19H,11-12H2,1H3/t15-,16-,19+,21-/m0/s1. The molecule has 0 radical (unpaired) electrons. The van der Waals surface area contributed by atoms with E-state index >= 15 is 0 Å². The zero-order valence-corrected chi connectivity index (χ0v) is 14.9. The molecule has 4 rings (SSSR count). The normalized spacial score (nSPS) is 29.1. The van der Waals surface area contributed by atoms with Crippen LogP contribution in [0.3, 0.4) is 0 Å². The number of nitrogens with zero attached hydrogens (tertiary/aromatic N) is 2. The van der Waals surface area contributed by atoms with Gasteiger partial charge in [-0.3, -0.25) is 14.9 Å². The summed E-state index contributed by atoms with van der Waals surface area (Å²) in [6, 6.07) is 17.0. The second-order valence-corrected chi connectivity index (χ2v) is 7.43. The second kappa shape index (κ2) is 6.30. The first-order valence-electron chi connectivity index (χ1n) is 9.00. The van der Waals surface area contributed by atoms with Gasteiger partial charge in [0.05, 0.1) is 5.41 Å². The molecule has 27 heavy (non-hydrogen) atoms. The van der Waals surface area contributed by atoms with Crippen LogP contribution in [0.1, 0.15) is 23.5 Å². The SMILES string of the molecule is CN1C(=O)[C@@]2(C[C@@H](C[N+](=O)[O-])[C@H](C=O)[C@H]2c2ccccc2)c2ccccc21. The zero-order valence-electron chi connectivity index (χ0n) is 14.9. The minimum Gasteiger partial charge on any atom is -0.314 e. The summed E-state index contributed by atoms with van der Waals surface area (Å²) in [6.45, 7) is -0.312. The van der Waals surface area contributed by atoms with Gasteiger partial charge < -0.3 is 9.69 Å². The summed E-state index contributed by atoms with van der Waals surface area (Å²) < 4.78 is 0. The van der Waals surface area contributed by atoms with Crippen LogP contribution in [0.15, 0.2) is 54.6 Å². The number of nitro groups is 1. The van der Waals surface area contributed by atoms with Gasteiger partial charge in [0.15, 0.2) is 0 Å². The molecular weight excluding hydrogens is 344 g/mol. The number of carbonyl (C=O) groups is 2. The van der Waals surface area contributed by atoms with Gasteiger partial charge in [0.2, 0.25) is 12.5 Å². The van der Waals surface area contributed by atoms with Crippen LogP contribution in [0.5, 0.6) is 0 Å². The van der Waals surface area contributed by atoms with Crippen molar-refractivity contribution in [3.05, 3.63) is 75.8 Å². The molecular formula is C21H20N2O4. The molecule has 138 valence electrons. The molecule has 1 amide bonds. The van der Waals surface area contributed by atoms with Crippen molar-refractivity contribution in [2.45, 2.75) is 17.8 Å². The molecule has 0 saturated heterocycles. The number of aldehydes is 1. The zero-order chi connectivity index (χ0) is 19.2. The van der Waals surface area contributed by atoms with Gasteiger partial charge in [0.1, 0.15) is 6.29 Å². The van der Waals surface area contributed by atoms with Gasteiger partial charge >= 0.3 is 0 Å². The molecule has 1 aliphatic carbocycles. The Morgan fingerprint density at radius 2 is 1.85 bits per heavy atom. The largest absolute Gasteiger partial charge is 0.314 e. The number of para-hydroxylation sites is 1. The number of anilines is 1. The Hall–Kier alpha value is -3.02. The Bertz CT molecular complexity index is 913. The summed E-state index contributed by atoms with van der Waals surface area (Å²) in [4.78, 5) is 38.1. The lowest BCUT2D eigenvalue weighted by molar-refractivity contribution is -0.488. The van der Waals surface area contributed by atoms with Crippen molar-refractivity contribution in [1.82, 2.24) is 0 Å². The smallest absolute Gasteiger partial charge is 0.238 e. The number of hydrogen-bond acceptors (Lipinski definition) is 4. The van der Waals surface area contributed by atoms with Crippen molar-refractivity contribution in [2.24, 2.45) is 11.8 Å². The fourth-order valence-electron chi connectivity index (χ4n) is 5.18. The highest BCUT2D eigenvalue weighted by Crippen LogP contribution is 2.61. The molecule has 1 heterocycles. The van der Waals surface area contributed by atoms with Crippen LogP contribution in [0.4, 0.5) is 5.69 Å². The number of likely N-dealkylation sites (N-methyl/N-ethyl adjacent to an activating group) is 1. The quantitative estimate of drug-likeness (QED) is 0.475. The Balaban J connectivity index is 1.96. The highest BCUT2D eigenvalue weighted by molar-refractivity contribution is 6.09. The Labute approximate surface area is 156 Å². The molecule has 6 heteroatoms. The van der Waals surface area contributed by atoms with E-state index in [1.165, 1.54) is 0 Å². The summed E-state index contributed by atoms with van der Waals surface area (Å²) in [7, 11) is 1.73. The van der Waals surface area contributed by atoms with Crippen LogP contribution in [0.25, 0.3) is 0 Å². The maximum absolute atomic E-state index is 13.5. The maximum atomic E-state index is 13.5. The van der Waals surface area contributed by atoms with E-state index in [9.17, 15) is 19.7 Å². The van der Waals surface area contributed by atoms with E-state index in [4.69, 9.17) is 0 Å². The molecule has 6 nitrogen and oxygen atoms in total. The van der Waals surface area contributed by atoms with E-state index in [1.807, 2.05) is 54.6 Å². The molecule has 1 aliphatic heterocycles. The summed E-state index contributed by atoms with van der Waals surface area (Å²) >= 11 is 0. The fourth-order valence-corrected chi connectivity index (χ4v) is 5.18. The number of amides is 1. The first-order chi connectivity index (χ1) is 13.0. The molecule has 0 unspecified atom stereocenters. The second-order valence-electron chi connectivity index (χ2n) is 7.43. The lowest BCUT2D eigenvalue weighted by Gasteiger charge is -2.32. The van der Waals surface area contributed by atoms with Gasteiger partial charge in [0, 0.05) is 35.4 Å². The summed E-state index contributed by atoms with van der Waals surface area (Å²) in [5.74, 6) is -1.57. The molecule has 0 aromatic heterocycles. The third-order valence-corrected chi connectivity index (χ3v) is 6.18. The van der Waals surface area contributed by atoms with Gasteiger partial charge in [0.25, 0.3) is 0 Å². The van der Waals surface area contributed by atoms with Crippen LogP contribution >= 0.6 is 0 Å². The third kappa shape index (κ3) is 2.40. The number of benzene rings is 2.